The molecule has 1 aliphatic heterocycles. The summed E-state index contributed by atoms with van der Waals surface area (Å²) in [6.07, 6.45) is 1.26. The van der Waals surface area contributed by atoms with Gasteiger partial charge < -0.3 is 10.6 Å². The third kappa shape index (κ3) is 2.32. The van der Waals surface area contributed by atoms with Crippen molar-refractivity contribution in [3.63, 3.8) is 0 Å². The molecule has 5 N–H and O–H groups in total. The summed E-state index contributed by atoms with van der Waals surface area (Å²) in [5, 5.41) is 0. The largest absolute Gasteiger partial charge is 0.369 e. The highest BCUT2D eigenvalue weighted by Crippen LogP contribution is 2.16. The Morgan fingerprint density at radius 3 is 2.23 bits per heavy atom. The van der Waals surface area contributed by atoms with Crippen LogP contribution in [0.1, 0.15) is 12.8 Å². The topological polar surface area (TPSA) is 101 Å². The van der Waals surface area contributed by atoms with Gasteiger partial charge in [0.1, 0.15) is 0 Å². The first-order valence-corrected chi connectivity index (χ1v) is 4.20. The third-order valence-electron chi connectivity index (χ3n) is 2.31. The maximum absolute atomic E-state index is 11.0. The maximum atomic E-state index is 11.0. The molecule has 3 amide bonds. The number of nitrogens with one attached hydrogen (secondary N) is 1. The lowest BCUT2D eigenvalue weighted by Crippen LogP contribution is -2.48. The molecule has 0 spiro atoms. The average Bonchev–Trinajstić information content (AvgIpc) is 2.17. The van der Waals surface area contributed by atoms with Gasteiger partial charge >= 0.3 is 6.03 Å². The molecule has 1 rings (SSSR count). The molecule has 0 radical (unpaired) electrons. The molecule has 1 aliphatic rings. The zero-order valence-electron chi connectivity index (χ0n) is 7.32. The molecule has 1 fully saturated rings. The van der Waals surface area contributed by atoms with Crippen molar-refractivity contribution in [2.24, 2.45) is 17.5 Å². The van der Waals surface area contributed by atoms with Crippen LogP contribution in [0.25, 0.3) is 0 Å². The van der Waals surface area contributed by atoms with Crippen molar-refractivity contribution in [2.75, 3.05) is 13.1 Å². The molecule has 0 aromatic heterocycles. The van der Waals surface area contributed by atoms with E-state index in [-0.39, 0.29) is 17.9 Å². The predicted octanol–water partition coefficient (Wildman–Crippen LogP) is -1.23. The van der Waals surface area contributed by atoms with Crippen LogP contribution < -0.4 is 17.0 Å². The Balaban J connectivity index is 2.39. The van der Waals surface area contributed by atoms with Crippen molar-refractivity contribution in [1.29, 1.82) is 0 Å². The van der Waals surface area contributed by atoms with Gasteiger partial charge in [-0.25, -0.2) is 10.6 Å². The van der Waals surface area contributed by atoms with Crippen LogP contribution in [0, 0.1) is 5.92 Å². The van der Waals surface area contributed by atoms with Gasteiger partial charge in [0.05, 0.1) is 0 Å². The van der Waals surface area contributed by atoms with Crippen LogP contribution in [0.3, 0.4) is 0 Å². The Morgan fingerprint density at radius 1 is 1.31 bits per heavy atom. The van der Waals surface area contributed by atoms with Crippen LogP contribution in [-0.4, -0.2) is 29.9 Å². The summed E-state index contributed by atoms with van der Waals surface area (Å²) >= 11 is 0. The van der Waals surface area contributed by atoms with Crippen LogP contribution >= 0.6 is 0 Å². The number of carbonyl (C=O) groups excluding carboxylic acids is 2. The van der Waals surface area contributed by atoms with E-state index in [1.807, 2.05) is 5.43 Å². The molecule has 0 saturated carbocycles. The fraction of sp³-hybridized carbons (Fsp3) is 0.714. The number of nitrogens with two attached hydrogens (primary N) is 2. The quantitative estimate of drug-likeness (QED) is 0.271. The molecule has 6 heteroatoms. The Kier molecular flexibility index (Phi) is 3.07. The van der Waals surface area contributed by atoms with Gasteiger partial charge in [0.2, 0.25) is 5.91 Å². The predicted molar refractivity (Wildman–Crippen MR) is 46.2 cm³/mol. The zero-order chi connectivity index (χ0) is 9.84. The van der Waals surface area contributed by atoms with Crippen molar-refractivity contribution < 1.29 is 9.59 Å². The Bertz CT molecular complexity index is 211. The molecule has 0 unspecified atom stereocenters. The maximum Gasteiger partial charge on any atom is 0.331 e. The highest BCUT2D eigenvalue weighted by molar-refractivity contribution is 5.77. The molecule has 0 aromatic carbocycles. The number of hydrogen-bond acceptors (Lipinski definition) is 3. The van der Waals surface area contributed by atoms with Crippen LogP contribution in [0.2, 0.25) is 0 Å². The minimum absolute atomic E-state index is 0.0955. The normalized spacial score (nSPS) is 18.4. The number of urea groups is 1. The lowest BCUT2D eigenvalue weighted by Gasteiger charge is -2.29. The van der Waals surface area contributed by atoms with E-state index < -0.39 is 0 Å². The van der Waals surface area contributed by atoms with Crippen molar-refractivity contribution >= 4 is 11.9 Å². The molecule has 1 saturated heterocycles. The van der Waals surface area contributed by atoms with Crippen LogP contribution in [-0.2, 0) is 4.79 Å². The summed E-state index contributed by atoms with van der Waals surface area (Å²) in [5.41, 5.74) is 7.19. The van der Waals surface area contributed by atoms with Crippen molar-refractivity contribution in [2.45, 2.75) is 12.8 Å². The van der Waals surface area contributed by atoms with Gasteiger partial charge in [-0.1, -0.05) is 0 Å². The summed E-state index contributed by atoms with van der Waals surface area (Å²) in [6.45, 7) is 1.08. The van der Waals surface area contributed by atoms with Gasteiger partial charge in [-0.05, 0) is 12.8 Å². The Morgan fingerprint density at radius 2 is 1.85 bits per heavy atom. The van der Waals surface area contributed by atoms with E-state index in [1.165, 1.54) is 0 Å². The number of amides is 3. The number of hydrogen-bond donors (Lipinski definition) is 3. The Labute approximate surface area is 76.2 Å². The minimum Gasteiger partial charge on any atom is -0.369 e. The standard InChI is InChI=1S/C7H14N4O2/c8-6(12)5-1-3-11(4-2-5)7(13)10-9/h5H,1-4,9H2,(H2,8,12)(H,10,13). The number of hydrazine groups is 1. The van der Waals surface area contributed by atoms with Crippen LogP contribution in [0.5, 0.6) is 0 Å². The minimum atomic E-state index is -0.303. The molecule has 0 bridgehead atoms. The molecular formula is C7H14N4O2. The summed E-state index contributed by atoms with van der Waals surface area (Å²) in [7, 11) is 0. The second kappa shape index (κ2) is 4.08. The average molecular weight is 186 g/mol. The number of primary amides is 1. The molecular weight excluding hydrogens is 172 g/mol. The van der Waals surface area contributed by atoms with Gasteiger partial charge in [-0.2, -0.15) is 0 Å². The van der Waals surface area contributed by atoms with E-state index in [0.29, 0.717) is 25.9 Å². The molecule has 74 valence electrons. The van der Waals surface area contributed by atoms with E-state index in [4.69, 9.17) is 11.6 Å². The first-order chi connectivity index (χ1) is 6.15. The summed E-state index contributed by atoms with van der Waals surface area (Å²) < 4.78 is 0. The van der Waals surface area contributed by atoms with Crippen LogP contribution in [0.4, 0.5) is 4.79 Å². The van der Waals surface area contributed by atoms with E-state index in [1.54, 1.807) is 4.90 Å². The smallest absolute Gasteiger partial charge is 0.331 e. The molecule has 0 aliphatic carbocycles. The molecule has 0 atom stereocenters. The summed E-state index contributed by atoms with van der Waals surface area (Å²) in [5.74, 6) is 4.58. The highest BCUT2D eigenvalue weighted by atomic mass is 16.2. The zero-order valence-corrected chi connectivity index (χ0v) is 7.32. The summed E-state index contributed by atoms with van der Waals surface area (Å²) in [4.78, 5) is 23.4. The van der Waals surface area contributed by atoms with E-state index in [0.717, 1.165) is 0 Å². The number of likely N-dealkylation sites (tertiary alicyclic amines) is 1. The number of carbonyl (C=O) groups is 2. The monoisotopic (exact) mass is 186 g/mol. The molecule has 1 heterocycles. The second-order valence-electron chi connectivity index (χ2n) is 3.11. The van der Waals surface area contributed by atoms with Gasteiger partial charge in [0.25, 0.3) is 0 Å². The highest BCUT2D eigenvalue weighted by Gasteiger charge is 2.25. The van der Waals surface area contributed by atoms with E-state index in [2.05, 4.69) is 0 Å². The van der Waals surface area contributed by atoms with Gasteiger partial charge in [0, 0.05) is 19.0 Å². The van der Waals surface area contributed by atoms with Gasteiger partial charge in [-0.3, -0.25) is 10.2 Å². The first-order valence-electron chi connectivity index (χ1n) is 4.20. The first kappa shape index (κ1) is 9.79. The fourth-order valence-electron chi connectivity index (χ4n) is 1.46. The summed E-state index contributed by atoms with van der Waals surface area (Å²) in [6, 6.07) is -0.303. The molecule has 13 heavy (non-hydrogen) atoms. The fourth-order valence-corrected chi connectivity index (χ4v) is 1.46. The Hall–Kier alpha value is -1.30. The third-order valence-corrected chi connectivity index (χ3v) is 2.31. The number of rotatable bonds is 1. The lowest BCUT2D eigenvalue weighted by atomic mass is 9.97. The van der Waals surface area contributed by atoms with Crippen molar-refractivity contribution in [3.8, 4) is 0 Å². The van der Waals surface area contributed by atoms with Gasteiger partial charge in [0.15, 0.2) is 0 Å². The molecule has 6 nitrogen and oxygen atoms in total. The van der Waals surface area contributed by atoms with Crippen molar-refractivity contribution in [3.05, 3.63) is 0 Å². The SMILES string of the molecule is NNC(=O)N1CCC(C(N)=O)CC1. The molecule has 0 aromatic rings. The van der Waals surface area contributed by atoms with E-state index in [9.17, 15) is 9.59 Å². The van der Waals surface area contributed by atoms with Crippen molar-refractivity contribution in [1.82, 2.24) is 10.3 Å². The van der Waals surface area contributed by atoms with E-state index >= 15 is 0 Å². The van der Waals surface area contributed by atoms with Gasteiger partial charge in [-0.15, -0.1) is 0 Å². The number of piperidine rings is 1. The lowest BCUT2D eigenvalue weighted by molar-refractivity contribution is -0.122. The second-order valence-corrected chi connectivity index (χ2v) is 3.11. The van der Waals surface area contributed by atoms with Crippen LogP contribution in [0.15, 0.2) is 0 Å². The number of nitrogens with zero attached hydrogens (tertiary/aromatic N) is 1.